The van der Waals surface area contributed by atoms with Crippen molar-refractivity contribution in [1.82, 2.24) is 0 Å². The number of nitrogens with two attached hydrogens (primary N) is 1. The quantitative estimate of drug-likeness (QED) is 0.781. The van der Waals surface area contributed by atoms with Gasteiger partial charge in [-0.15, -0.1) is 0 Å². The van der Waals surface area contributed by atoms with Gasteiger partial charge in [0.2, 0.25) is 5.76 Å². The average molecular weight is 241 g/mol. The van der Waals surface area contributed by atoms with Gasteiger partial charge in [-0.2, -0.15) is 0 Å². The summed E-state index contributed by atoms with van der Waals surface area (Å²) in [6.45, 7) is 6.67. The Balaban J connectivity index is 2.85. The molecule has 0 amide bonds. The Hall–Kier alpha value is -1.33. The van der Waals surface area contributed by atoms with Crippen LogP contribution in [0.3, 0.4) is 0 Å². The highest BCUT2D eigenvalue weighted by molar-refractivity contribution is 5.86. The Kier molecular flexibility index (Phi) is 3.64. The van der Waals surface area contributed by atoms with E-state index in [-0.39, 0.29) is 12.4 Å². The van der Waals surface area contributed by atoms with Crippen molar-refractivity contribution < 1.29 is 19.1 Å². The van der Waals surface area contributed by atoms with E-state index >= 15 is 0 Å². The van der Waals surface area contributed by atoms with Crippen molar-refractivity contribution in [3.8, 4) is 0 Å². The third-order valence-corrected chi connectivity index (χ3v) is 2.10. The standard InChI is InChI=1S/C12H19NO4/c1-11(2,3)17-10(15)8-5-6-9(16-8)12(4,13)7-14/h5-6,14H,7,13H2,1-4H3. The van der Waals surface area contributed by atoms with Crippen LogP contribution in [-0.4, -0.2) is 23.3 Å². The highest BCUT2D eigenvalue weighted by Crippen LogP contribution is 2.21. The molecule has 1 rings (SSSR count). The van der Waals surface area contributed by atoms with E-state index in [1.54, 1.807) is 33.8 Å². The van der Waals surface area contributed by atoms with Gasteiger partial charge in [-0.25, -0.2) is 4.79 Å². The zero-order valence-corrected chi connectivity index (χ0v) is 10.6. The fraction of sp³-hybridized carbons (Fsp3) is 0.583. The third kappa shape index (κ3) is 3.57. The highest BCUT2D eigenvalue weighted by Gasteiger charge is 2.27. The van der Waals surface area contributed by atoms with Gasteiger partial charge >= 0.3 is 5.97 Å². The van der Waals surface area contributed by atoms with Crippen LogP contribution in [0, 0.1) is 0 Å². The number of hydrogen-bond donors (Lipinski definition) is 2. The molecule has 0 saturated heterocycles. The molecule has 0 saturated carbocycles. The third-order valence-electron chi connectivity index (χ3n) is 2.10. The van der Waals surface area contributed by atoms with Crippen LogP contribution in [0.1, 0.15) is 44.0 Å². The van der Waals surface area contributed by atoms with E-state index in [1.807, 2.05) is 0 Å². The van der Waals surface area contributed by atoms with E-state index < -0.39 is 17.1 Å². The molecule has 1 heterocycles. The summed E-state index contributed by atoms with van der Waals surface area (Å²) in [5.41, 5.74) is 4.21. The molecular weight excluding hydrogens is 222 g/mol. The summed E-state index contributed by atoms with van der Waals surface area (Å²) in [6.07, 6.45) is 0. The predicted octanol–water partition coefficient (Wildman–Crippen LogP) is 1.40. The normalized spacial score (nSPS) is 15.4. The largest absolute Gasteiger partial charge is 0.454 e. The molecule has 0 fully saturated rings. The molecule has 17 heavy (non-hydrogen) atoms. The molecule has 0 aliphatic rings. The summed E-state index contributed by atoms with van der Waals surface area (Å²) in [5.74, 6) is -0.113. The SMILES string of the molecule is CC(C)(C)OC(=O)c1ccc(C(C)(N)CO)o1. The number of aliphatic hydroxyl groups is 1. The zero-order valence-electron chi connectivity index (χ0n) is 10.6. The van der Waals surface area contributed by atoms with Crippen LogP contribution < -0.4 is 5.73 Å². The molecule has 1 aromatic rings. The van der Waals surface area contributed by atoms with Crippen LogP contribution in [-0.2, 0) is 10.3 Å². The number of hydrogen-bond acceptors (Lipinski definition) is 5. The topological polar surface area (TPSA) is 85.7 Å². The van der Waals surface area contributed by atoms with Gasteiger partial charge < -0.3 is 20.0 Å². The van der Waals surface area contributed by atoms with E-state index in [0.717, 1.165) is 0 Å². The van der Waals surface area contributed by atoms with Gasteiger partial charge in [0.1, 0.15) is 11.4 Å². The minimum atomic E-state index is -1.000. The van der Waals surface area contributed by atoms with Crippen molar-refractivity contribution in [2.45, 2.75) is 38.8 Å². The number of ether oxygens (including phenoxy) is 1. The van der Waals surface area contributed by atoms with Crippen molar-refractivity contribution in [2.24, 2.45) is 5.73 Å². The Bertz CT molecular complexity index is 401. The van der Waals surface area contributed by atoms with Crippen LogP contribution in [0.4, 0.5) is 0 Å². The second-order valence-corrected chi connectivity index (χ2v) is 5.24. The molecule has 1 atom stereocenters. The van der Waals surface area contributed by atoms with Gasteiger partial charge in [-0.05, 0) is 39.8 Å². The first kappa shape index (κ1) is 13.7. The highest BCUT2D eigenvalue weighted by atomic mass is 16.6. The lowest BCUT2D eigenvalue weighted by molar-refractivity contribution is 0.00316. The van der Waals surface area contributed by atoms with Crippen LogP contribution in [0.5, 0.6) is 0 Å². The lowest BCUT2D eigenvalue weighted by atomic mass is 10.0. The number of aliphatic hydroxyl groups excluding tert-OH is 1. The van der Waals surface area contributed by atoms with Crippen molar-refractivity contribution in [3.63, 3.8) is 0 Å². The van der Waals surface area contributed by atoms with Crippen molar-refractivity contribution >= 4 is 5.97 Å². The maximum Gasteiger partial charge on any atom is 0.374 e. The predicted molar refractivity (Wildman–Crippen MR) is 62.5 cm³/mol. The Morgan fingerprint density at radius 3 is 2.47 bits per heavy atom. The minimum Gasteiger partial charge on any atom is -0.454 e. The van der Waals surface area contributed by atoms with E-state index in [4.69, 9.17) is 20.0 Å². The van der Waals surface area contributed by atoms with Gasteiger partial charge in [-0.1, -0.05) is 0 Å². The second kappa shape index (κ2) is 4.50. The molecule has 0 spiro atoms. The van der Waals surface area contributed by atoms with Crippen LogP contribution in [0.25, 0.3) is 0 Å². The van der Waals surface area contributed by atoms with E-state index in [9.17, 15) is 4.79 Å². The molecule has 96 valence electrons. The maximum absolute atomic E-state index is 11.7. The van der Waals surface area contributed by atoms with Crippen LogP contribution in [0.15, 0.2) is 16.5 Å². The van der Waals surface area contributed by atoms with Crippen molar-refractivity contribution in [2.75, 3.05) is 6.61 Å². The molecule has 0 aromatic carbocycles. The molecular formula is C12H19NO4. The van der Waals surface area contributed by atoms with Crippen molar-refractivity contribution in [3.05, 3.63) is 23.7 Å². The molecule has 0 bridgehead atoms. The molecule has 5 heteroatoms. The first-order chi connectivity index (χ1) is 7.65. The number of carbonyl (C=O) groups excluding carboxylic acids is 1. The van der Waals surface area contributed by atoms with E-state index in [0.29, 0.717) is 5.76 Å². The lowest BCUT2D eigenvalue weighted by Crippen LogP contribution is -2.36. The fourth-order valence-corrected chi connectivity index (χ4v) is 1.16. The molecule has 0 aliphatic carbocycles. The smallest absolute Gasteiger partial charge is 0.374 e. The number of furan rings is 1. The summed E-state index contributed by atoms with van der Waals surface area (Å²) >= 11 is 0. The Morgan fingerprint density at radius 2 is 2.00 bits per heavy atom. The number of esters is 1. The summed E-state index contributed by atoms with van der Waals surface area (Å²) in [5, 5.41) is 9.08. The maximum atomic E-state index is 11.7. The first-order valence-electron chi connectivity index (χ1n) is 5.39. The second-order valence-electron chi connectivity index (χ2n) is 5.24. The molecule has 5 nitrogen and oxygen atoms in total. The van der Waals surface area contributed by atoms with Gasteiger partial charge in [0.05, 0.1) is 12.1 Å². The average Bonchev–Trinajstić information content (AvgIpc) is 2.64. The van der Waals surface area contributed by atoms with Gasteiger partial charge in [0.25, 0.3) is 0 Å². The molecule has 1 aromatic heterocycles. The molecule has 1 unspecified atom stereocenters. The van der Waals surface area contributed by atoms with Crippen LogP contribution in [0.2, 0.25) is 0 Å². The zero-order chi connectivity index (χ0) is 13.3. The van der Waals surface area contributed by atoms with Gasteiger partial charge in [-0.3, -0.25) is 0 Å². The fourth-order valence-electron chi connectivity index (χ4n) is 1.16. The molecule has 3 N–H and O–H groups in total. The van der Waals surface area contributed by atoms with E-state index in [1.165, 1.54) is 6.07 Å². The lowest BCUT2D eigenvalue weighted by Gasteiger charge is -2.19. The summed E-state index contributed by atoms with van der Waals surface area (Å²) in [6, 6.07) is 3.06. The van der Waals surface area contributed by atoms with Gasteiger partial charge in [0.15, 0.2) is 0 Å². The van der Waals surface area contributed by atoms with Gasteiger partial charge in [0, 0.05) is 0 Å². The Labute approximate surface area is 101 Å². The number of carbonyl (C=O) groups is 1. The van der Waals surface area contributed by atoms with E-state index in [2.05, 4.69) is 0 Å². The minimum absolute atomic E-state index is 0.0834. The summed E-state index contributed by atoms with van der Waals surface area (Å²) < 4.78 is 10.4. The van der Waals surface area contributed by atoms with Crippen molar-refractivity contribution in [1.29, 1.82) is 0 Å². The summed E-state index contributed by atoms with van der Waals surface area (Å²) in [4.78, 5) is 11.7. The Morgan fingerprint density at radius 1 is 1.41 bits per heavy atom. The monoisotopic (exact) mass is 241 g/mol. The first-order valence-corrected chi connectivity index (χ1v) is 5.39. The molecule has 0 aliphatic heterocycles. The molecule has 0 radical (unpaired) electrons. The summed E-state index contributed by atoms with van der Waals surface area (Å²) in [7, 11) is 0. The van der Waals surface area contributed by atoms with Crippen LogP contribution >= 0.6 is 0 Å². The number of rotatable bonds is 3.